The first-order valence-corrected chi connectivity index (χ1v) is 6.55. The van der Waals surface area contributed by atoms with Crippen molar-refractivity contribution in [1.82, 2.24) is 9.88 Å². The van der Waals surface area contributed by atoms with E-state index in [2.05, 4.69) is 16.9 Å². The minimum Gasteiger partial charge on any atom is -0.498 e. The molecular weight excluding hydrogens is 234 g/mol. The lowest BCUT2D eigenvalue weighted by Crippen LogP contribution is -2.22. The first-order valence-electron chi connectivity index (χ1n) is 6.55. The maximum atomic E-state index is 6.16. The average molecular weight is 250 g/mol. The molecule has 0 spiro atoms. The monoisotopic (exact) mass is 250 g/mol. The van der Waals surface area contributed by atoms with E-state index in [0.29, 0.717) is 16.7 Å². The first kappa shape index (κ1) is 12.7. The molecule has 1 aromatic carbocycles. The van der Waals surface area contributed by atoms with Crippen molar-refractivity contribution in [3.63, 3.8) is 0 Å². The molecule has 0 atom stereocenters. The van der Waals surface area contributed by atoms with Crippen LogP contribution in [0.2, 0.25) is 0 Å². The van der Waals surface area contributed by atoms with Gasteiger partial charge in [-0.25, -0.2) is 0 Å². The SMILES string of the molecule is [B]c1cc2c3c([nH]c2c([B])c1OC)CCN(C)CC3. The highest BCUT2D eigenvalue weighted by Crippen LogP contribution is 2.25. The standard InChI is InChI=1S/C14H16B2N2O/c1-18-5-3-8-9-7-10(15)14(19-2)12(16)13(9)17-11(8)4-6-18/h7,17H,3-6H2,1-2H3. The number of nitrogens with zero attached hydrogens (tertiary/aromatic N) is 1. The molecule has 2 heterocycles. The molecule has 0 aliphatic carbocycles. The third-order valence-electron chi connectivity index (χ3n) is 4.00. The van der Waals surface area contributed by atoms with E-state index < -0.39 is 0 Å². The Hall–Kier alpha value is -1.35. The maximum Gasteiger partial charge on any atom is 0.121 e. The second kappa shape index (κ2) is 4.64. The van der Waals surface area contributed by atoms with Crippen LogP contribution in [-0.2, 0) is 12.8 Å². The molecule has 19 heavy (non-hydrogen) atoms. The van der Waals surface area contributed by atoms with Gasteiger partial charge in [-0.05, 0) is 24.5 Å². The summed E-state index contributed by atoms with van der Waals surface area (Å²) in [5.41, 5.74) is 4.80. The molecule has 0 amide bonds. The van der Waals surface area contributed by atoms with Crippen LogP contribution in [0.3, 0.4) is 0 Å². The molecule has 1 aliphatic rings. The van der Waals surface area contributed by atoms with Gasteiger partial charge < -0.3 is 14.6 Å². The van der Waals surface area contributed by atoms with Crippen molar-refractivity contribution in [3.8, 4) is 5.75 Å². The maximum absolute atomic E-state index is 6.16. The van der Waals surface area contributed by atoms with E-state index in [9.17, 15) is 0 Å². The fraction of sp³-hybridized carbons (Fsp3) is 0.429. The third-order valence-corrected chi connectivity index (χ3v) is 4.00. The van der Waals surface area contributed by atoms with Gasteiger partial charge in [-0.15, -0.1) is 0 Å². The van der Waals surface area contributed by atoms with Crippen LogP contribution in [0.4, 0.5) is 0 Å². The van der Waals surface area contributed by atoms with Gasteiger partial charge in [0.05, 0.1) is 7.11 Å². The predicted octanol–water partition coefficient (Wildman–Crippen LogP) is -0.206. The van der Waals surface area contributed by atoms with Crippen molar-refractivity contribution in [1.29, 1.82) is 0 Å². The van der Waals surface area contributed by atoms with E-state index >= 15 is 0 Å². The highest BCUT2D eigenvalue weighted by atomic mass is 16.5. The van der Waals surface area contributed by atoms with Crippen LogP contribution in [-0.4, -0.2) is 52.8 Å². The molecule has 1 N–H and O–H groups in total. The number of hydrogen-bond acceptors (Lipinski definition) is 2. The molecular formula is C14H16B2N2O. The van der Waals surface area contributed by atoms with Gasteiger partial charge in [-0.3, -0.25) is 0 Å². The van der Waals surface area contributed by atoms with Crippen LogP contribution in [0, 0.1) is 0 Å². The van der Waals surface area contributed by atoms with Crippen LogP contribution >= 0.6 is 0 Å². The number of rotatable bonds is 1. The number of H-pyrrole nitrogens is 1. The molecule has 0 saturated carbocycles. The molecule has 1 aliphatic heterocycles. The third kappa shape index (κ3) is 1.96. The lowest BCUT2D eigenvalue weighted by atomic mass is 9.83. The number of nitrogens with one attached hydrogen (secondary N) is 1. The van der Waals surface area contributed by atoms with E-state index in [4.69, 9.17) is 20.4 Å². The molecule has 2 aromatic rings. The summed E-state index contributed by atoms with van der Waals surface area (Å²) in [6.45, 7) is 2.12. The summed E-state index contributed by atoms with van der Waals surface area (Å²) in [7, 11) is 15.9. The predicted molar refractivity (Wildman–Crippen MR) is 80.5 cm³/mol. The number of aromatic amines is 1. The molecule has 4 radical (unpaired) electrons. The largest absolute Gasteiger partial charge is 0.498 e. The minimum absolute atomic E-state index is 0.570. The fourth-order valence-electron chi connectivity index (χ4n) is 2.91. The second-order valence-corrected chi connectivity index (χ2v) is 5.22. The van der Waals surface area contributed by atoms with Crippen LogP contribution < -0.4 is 15.7 Å². The Morgan fingerprint density at radius 1 is 1.26 bits per heavy atom. The molecule has 94 valence electrons. The highest BCUT2D eigenvalue weighted by Gasteiger charge is 2.19. The summed E-state index contributed by atoms with van der Waals surface area (Å²) < 4.78 is 5.28. The van der Waals surface area contributed by atoms with Gasteiger partial charge in [0, 0.05) is 36.1 Å². The lowest BCUT2D eigenvalue weighted by molar-refractivity contribution is 0.352. The van der Waals surface area contributed by atoms with Crippen LogP contribution in [0.15, 0.2) is 6.07 Å². The van der Waals surface area contributed by atoms with E-state index in [-0.39, 0.29) is 0 Å². The second-order valence-electron chi connectivity index (χ2n) is 5.22. The molecule has 0 saturated heterocycles. The summed E-state index contributed by atoms with van der Waals surface area (Å²) >= 11 is 0. The summed E-state index contributed by atoms with van der Waals surface area (Å²) in [5.74, 6) is 0.570. The number of methoxy groups -OCH3 is 1. The molecule has 0 unspecified atom stereocenters. The number of aromatic nitrogens is 1. The van der Waals surface area contributed by atoms with Gasteiger partial charge in [0.25, 0.3) is 0 Å². The lowest BCUT2D eigenvalue weighted by Gasteiger charge is -2.13. The van der Waals surface area contributed by atoms with E-state index in [1.165, 1.54) is 11.3 Å². The van der Waals surface area contributed by atoms with Crippen molar-refractivity contribution < 1.29 is 4.74 Å². The molecule has 0 fully saturated rings. The summed E-state index contributed by atoms with van der Waals surface area (Å²) in [6, 6.07) is 1.98. The Morgan fingerprint density at radius 2 is 2.00 bits per heavy atom. The number of hydrogen-bond donors (Lipinski definition) is 1. The van der Waals surface area contributed by atoms with Gasteiger partial charge in [-0.2, -0.15) is 0 Å². The molecule has 1 aromatic heterocycles. The van der Waals surface area contributed by atoms with E-state index in [1.807, 2.05) is 6.07 Å². The van der Waals surface area contributed by atoms with Gasteiger partial charge in [0.2, 0.25) is 0 Å². The number of likely N-dealkylation sites (N-methyl/N-ethyl adjacent to an activating group) is 1. The molecule has 5 heteroatoms. The minimum atomic E-state index is 0.570. The van der Waals surface area contributed by atoms with Crippen LogP contribution in [0.1, 0.15) is 11.3 Å². The van der Waals surface area contributed by atoms with E-state index in [0.717, 1.165) is 36.8 Å². The zero-order chi connectivity index (χ0) is 13.6. The average Bonchev–Trinajstić information content (AvgIpc) is 2.62. The van der Waals surface area contributed by atoms with Crippen molar-refractivity contribution in [2.45, 2.75) is 12.8 Å². The highest BCUT2D eigenvalue weighted by molar-refractivity contribution is 6.46. The van der Waals surface area contributed by atoms with Crippen molar-refractivity contribution in [2.24, 2.45) is 0 Å². The van der Waals surface area contributed by atoms with Gasteiger partial charge in [0.1, 0.15) is 21.4 Å². The van der Waals surface area contributed by atoms with Crippen molar-refractivity contribution in [3.05, 3.63) is 17.3 Å². The fourth-order valence-corrected chi connectivity index (χ4v) is 2.91. The van der Waals surface area contributed by atoms with E-state index in [1.54, 1.807) is 7.11 Å². The molecule has 0 bridgehead atoms. The quantitative estimate of drug-likeness (QED) is 0.709. The van der Waals surface area contributed by atoms with Crippen molar-refractivity contribution >= 4 is 37.5 Å². The first-order chi connectivity index (χ1) is 9.11. The zero-order valence-electron chi connectivity index (χ0n) is 11.4. The summed E-state index contributed by atoms with van der Waals surface area (Å²) in [5, 5.41) is 1.14. The normalized spacial score (nSPS) is 16.3. The Balaban J connectivity index is 2.22. The van der Waals surface area contributed by atoms with Gasteiger partial charge >= 0.3 is 0 Å². The summed E-state index contributed by atoms with van der Waals surface area (Å²) in [6.07, 6.45) is 2.04. The summed E-state index contributed by atoms with van der Waals surface area (Å²) in [4.78, 5) is 5.80. The number of fused-ring (bicyclic) bond motifs is 3. The topological polar surface area (TPSA) is 28.3 Å². The smallest absolute Gasteiger partial charge is 0.121 e. The van der Waals surface area contributed by atoms with Gasteiger partial charge in [-0.1, -0.05) is 11.5 Å². The number of ether oxygens (including phenoxy) is 1. The van der Waals surface area contributed by atoms with Crippen LogP contribution in [0.25, 0.3) is 10.9 Å². The molecule has 3 nitrogen and oxygen atoms in total. The number of benzene rings is 1. The Bertz CT molecular complexity index is 636. The van der Waals surface area contributed by atoms with Crippen molar-refractivity contribution in [2.75, 3.05) is 27.2 Å². The zero-order valence-corrected chi connectivity index (χ0v) is 11.4. The Morgan fingerprint density at radius 3 is 2.74 bits per heavy atom. The molecule has 3 rings (SSSR count). The Labute approximate surface area is 116 Å². The van der Waals surface area contributed by atoms with Gasteiger partial charge in [0.15, 0.2) is 0 Å². The van der Waals surface area contributed by atoms with Crippen LogP contribution in [0.5, 0.6) is 5.75 Å². The Kier molecular flexibility index (Phi) is 3.09.